The van der Waals surface area contributed by atoms with Crippen LogP contribution >= 0.6 is 11.8 Å². The molecule has 2 aromatic rings. The summed E-state index contributed by atoms with van der Waals surface area (Å²) in [7, 11) is 1.96. The number of benzene rings is 1. The van der Waals surface area contributed by atoms with E-state index in [-0.39, 0.29) is 0 Å². The number of hydrogen-bond donors (Lipinski definition) is 2. The van der Waals surface area contributed by atoms with E-state index < -0.39 is 11.2 Å². The Labute approximate surface area is 187 Å². The van der Waals surface area contributed by atoms with E-state index in [4.69, 9.17) is 10.7 Å². The number of thioether (sulfide) groups is 1. The van der Waals surface area contributed by atoms with Crippen LogP contribution in [-0.4, -0.2) is 37.1 Å². The SMILES string of the molecule is CCc1c(C#N)c(SC(C(N)=O)c2ccccc2)nc(N2CCC(NC)CC2)c1C#N. The second-order valence-corrected chi connectivity index (χ2v) is 8.50. The number of nitrogens with zero attached hydrogens (tertiary/aromatic N) is 4. The van der Waals surface area contributed by atoms with Crippen LogP contribution in [0.5, 0.6) is 0 Å². The van der Waals surface area contributed by atoms with Crippen LogP contribution < -0.4 is 16.0 Å². The van der Waals surface area contributed by atoms with Crippen molar-refractivity contribution in [2.45, 2.75) is 42.5 Å². The minimum absolute atomic E-state index is 0.347. The van der Waals surface area contributed by atoms with Crippen molar-refractivity contribution in [3.05, 3.63) is 52.6 Å². The predicted octanol–water partition coefficient (Wildman–Crippen LogP) is 2.89. The lowest BCUT2D eigenvalue weighted by Crippen LogP contribution is -2.42. The maximum atomic E-state index is 12.3. The number of hydrogen-bond acceptors (Lipinski definition) is 7. The summed E-state index contributed by atoms with van der Waals surface area (Å²) in [5, 5.41) is 22.9. The van der Waals surface area contributed by atoms with Gasteiger partial charge < -0.3 is 16.0 Å². The van der Waals surface area contributed by atoms with Gasteiger partial charge in [-0.25, -0.2) is 4.98 Å². The predicted molar refractivity (Wildman–Crippen MR) is 122 cm³/mol. The Morgan fingerprint density at radius 3 is 2.42 bits per heavy atom. The number of carbonyl (C=O) groups excluding carboxylic acids is 1. The lowest BCUT2D eigenvalue weighted by atomic mass is 10.00. The molecule has 1 fully saturated rings. The first-order valence-corrected chi connectivity index (χ1v) is 11.2. The minimum Gasteiger partial charge on any atom is -0.368 e. The fourth-order valence-corrected chi connectivity index (χ4v) is 4.97. The molecule has 1 aromatic heterocycles. The number of nitrogens with two attached hydrogens (primary N) is 1. The molecule has 7 nitrogen and oxygen atoms in total. The third-order valence-corrected chi connectivity index (χ3v) is 6.88. The Balaban J connectivity index is 2.08. The summed E-state index contributed by atoms with van der Waals surface area (Å²) in [5.41, 5.74) is 7.92. The maximum Gasteiger partial charge on any atom is 0.235 e. The molecule has 8 heteroatoms. The summed E-state index contributed by atoms with van der Waals surface area (Å²) in [6.07, 6.45) is 2.41. The Kier molecular flexibility index (Phi) is 7.51. The molecule has 1 aromatic carbocycles. The number of nitriles is 2. The molecule has 3 rings (SSSR count). The van der Waals surface area contributed by atoms with Crippen LogP contribution in [0, 0.1) is 22.7 Å². The van der Waals surface area contributed by atoms with Crippen molar-refractivity contribution >= 4 is 23.5 Å². The van der Waals surface area contributed by atoms with Gasteiger partial charge in [-0.05, 0) is 37.4 Å². The van der Waals surface area contributed by atoms with Crippen LogP contribution in [-0.2, 0) is 11.2 Å². The molecular formula is C23H26N6OS. The Hall–Kier alpha value is -3.07. The van der Waals surface area contributed by atoms with Crippen molar-refractivity contribution in [2.24, 2.45) is 5.73 Å². The van der Waals surface area contributed by atoms with Crippen molar-refractivity contribution in [3.63, 3.8) is 0 Å². The standard InChI is InChI=1S/C23H26N6OS/c1-3-17-18(13-24)22(29-11-9-16(27-2)10-12-29)28-23(19(17)14-25)31-20(21(26)30)15-7-5-4-6-8-15/h4-8,16,20,27H,3,9-12H2,1-2H3,(H2,26,30). The molecule has 0 saturated carbocycles. The van der Waals surface area contributed by atoms with Crippen molar-refractivity contribution in [1.29, 1.82) is 10.5 Å². The van der Waals surface area contributed by atoms with Gasteiger partial charge in [-0.3, -0.25) is 4.79 Å². The molecule has 1 amide bonds. The fraction of sp³-hybridized carbons (Fsp3) is 0.391. The minimum atomic E-state index is -0.679. The van der Waals surface area contributed by atoms with E-state index in [1.807, 2.05) is 44.3 Å². The van der Waals surface area contributed by atoms with Gasteiger partial charge in [0.15, 0.2) is 0 Å². The van der Waals surface area contributed by atoms with Gasteiger partial charge in [0.1, 0.15) is 28.2 Å². The van der Waals surface area contributed by atoms with Gasteiger partial charge in [-0.15, -0.1) is 0 Å². The number of carbonyl (C=O) groups is 1. The van der Waals surface area contributed by atoms with Gasteiger partial charge in [0, 0.05) is 19.1 Å². The second kappa shape index (κ2) is 10.3. The van der Waals surface area contributed by atoms with Crippen LogP contribution in [0.4, 0.5) is 5.82 Å². The van der Waals surface area contributed by atoms with E-state index in [1.54, 1.807) is 0 Å². The molecule has 160 valence electrons. The summed E-state index contributed by atoms with van der Waals surface area (Å²) < 4.78 is 0. The second-order valence-electron chi connectivity index (χ2n) is 7.41. The molecular weight excluding hydrogens is 408 g/mol. The van der Waals surface area contributed by atoms with Crippen LogP contribution in [0.25, 0.3) is 0 Å². The van der Waals surface area contributed by atoms with Gasteiger partial charge >= 0.3 is 0 Å². The lowest BCUT2D eigenvalue weighted by Gasteiger charge is -2.34. The zero-order valence-corrected chi connectivity index (χ0v) is 18.6. The van der Waals surface area contributed by atoms with Crippen LogP contribution in [0.2, 0.25) is 0 Å². The van der Waals surface area contributed by atoms with E-state index in [0.29, 0.717) is 40.0 Å². The van der Waals surface area contributed by atoms with Gasteiger partial charge in [0.2, 0.25) is 5.91 Å². The first-order valence-electron chi connectivity index (χ1n) is 10.3. The number of pyridine rings is 1. The smallest absolute Gasteiger partial charge is 0.235 e. The summed E-state index contributed by atoms with van der Waals surface area (Å²) in [5.74, 6) is 0.0902. The van der Waals surface area contributed by atoms with E-state index in [9.17, 15) is 15.3 Å². The molecule has 0 aliphatic carbocycles. The third kappa shape index (κ3) is 4.82. The summed E-state index contributed by atoms with van der Waals surface area (Å²) >= 11 is 1.18. The van der Waals surface area contributed by atoms with Crippen LogP contribution in [0.15, 0.2) is 35.4 Å². The number of piperidine rings is 1. The highest BCUT2D eigenvalue weighted by molar-refractivity contribution is 8.00. The lowest BCUT2D eigenvalue weighted by molar-refractivity contribution is -0.117. The molecule has 1 unspecified atom stereocenters. The molecule has 1 aliphatic heterocycles. The summed E-state index contributed by atoms with van der Waals surface area (Å²) in [6, 6.07) is 14.2. The van der Waals surface area contributed by atoms with Crippen molar-refractivity contribution in [1.82, 2.24) is 10.3 Å². The van der Waals surface area contributed by atoms with Gasteiger partial charge in [0.25, 0.3) is 0 Å². The van der Waals surface area contributed by atoms with Crippen molar-refractivity contribution < 1.29 is 4.79 Å². The number of anilines is 1. The van der Waals surface area contributed by atoms with E-state index >= 15 is 0 Å². The average molecular weight is 435 g/mol. The zero-order chi connectivity index (χ0) is 22.4. The van der Waals surface area contributed by atoms with Gasteiger partial charge in [-0.2, -0.15) is 10.5 Å². The number of aromatic nitrogens is 1. The molecule has 31 heavy (non-hydrogen) atoms. The number of nitrogens with one attached hydrogen (secondary N) is 1. The zero-order valence-electron chi connectivity index (χ0n) is 17.8. The van der Waals surface area contributed by atoms with Crippen molar-refractivity contribution in [3.8, 4) is 12.1 Å². The van der Waals surface area contributed by atoms with Gasteiger partial charge in [-0.1, -0.05) is 49.0 Å². The van der Waals surface area contributed by atoms with Crippen molar-refractivity contribution in [2.75, 3.05) is 25.0 Å². The first-order chi connectivity index (χ1) is 15.0. The molecule has 0 radical (unpaired) electrons. The summed E-state index contributed by atoms with van der Waals surface area (Å²) in [4.78, 5) is 19.1. The van der Waals surface area contributed by atoms with E-state index in [0.717, 1.165) is 31.5 Å². The van der Waals surface area contributed by atoms with E-state index in [1.165, 1.54) is 11.8 Å². The molecule has 2 heterocycles. The quantitative estimate of drug-likeness (QED) is 0.643. The number of rotatable bonds is 7. The molecule has 1 atom stereocenters. The molecule has 1 aliphatic rings. The molecule has 1 saturated heterocycles. The third-order valence-electron chi connectivity index (χ3n) is 5.62. The number of amides is 1. The molecule has 0 spiro atoms. The maximum absolute atomic E-state index is 12.3. The van der Waals surface area contributed by atoms with E-state index in [2.05, 4.69) is 22.4 Å². The largest absolute Gasteiger partial charge is 0.368 e. The highest BCUT2D eigenvalue weighted by Gasteiger charge is 2.28. The summed E-state index contributed by atoms with van der Waals surface area (Å²) in [6.45, 7) is 3.46. The highest BCUT2D eigenvalue weighted by atomic mass is 32.2. The van der Waals surface area contributed by atoms with Crippen LogP contribution in [0.1, 0.15) is 47.3 Å². The first kappa shape index (κ1) is 22.6. The topological polar surface area (TPSA) is 119 Å². The van der Waals surface area contributed by atoms with Crippen LogP contribution in [0.3, 0.4) is 0 Å². The number of primary amides is 1. The molecule has 0 bridgehead atoms. The highest BCUT2D eigenvalue weighted by Crippen LogP contribution is 2.39. The monoisotopic (exact) mass is 434 g/mol. The fourth-order valence-electron chi connectivity index (χ4n) is 3.91. The normalized spacial score (nSPS) is 15.2. The Morgan fingerprint density at radius 1 is 1.26 bits per heavy atom. The Morgan fingerprint density at radius 2 is 1.90 bits per heavy atom. The molecule has 3 N–H and O–H groups in total. The van der Waals surface area contributed by atoms with Gasteiger partial charge in [0.05, 0.1) is 11.1 Å². The average Bonchev–Trinajstić information content (AvgIpc) is 2.81. The Bertz CT molecular complexity index is 1020.